The predicted octanol–water partition coefficient (Wildman–Crippen LogP) is 2.91. The highest BCUT2D eigenvalue weighted by Gasteiger charge is 2.21. The fourth-order valence-corrected chi connectivity index (χ4v) is 4.49. The molecule has 3 N–H and O–H groups in total. The first-order valence-electron chi connectivity index (χ1n) is 5.31. The SMILES string of the molecule is Cc1cc(Br)ccc1NS(=O)(=O)c1sc(N)nc1C. The minimum absolute atomic E-state index is 0.146. The molecule has 0 fully saturated rings. The number of nitrogens with two attached hydrogens (primary N) is 1. The summed E-state index contributed by atoms with van der Waals surface area (Å²) in [6, 6.07) is 5.32. The van der Waals surface area contributed by atoms with E-state index in [0.29, 0.717) is 11.4 Å². The van der Waals surface area contributed by atoms with Gasteiger partial charge in [-0.15, -0.1) is 0 Å². The van der Waals surface area contributed by atoms with Crippen LogP contribution >= 0.6 is 27.3 Å². The Morgan fingerprint density at radius 1 is 1.37 bits per heavy atom. The first kappa shape index (κ1) is 14.3. The molecule has 1 heterocycles. The Morgan fingerprint density at radius 3 is 2.58 bits per heavy atom. The summed E-state index contributed by atoms with van der Waals surface area (Å²) >= 11 is 4.29. The van der Waals surface area contributed by atoms with Gasteiger partial charge in [0.2, 0.25) is 0 Å². The highest BCUT2D eigenvalue weighted by Crippen LogP contribution is 2.28. The van der Waals surface area contributed by atoms with E-state index < -0.39 is 10.0 Å². The van der Waals surface area contributed by atoms with Gasteiger partial charge in [-0.05, 0) is 37.6 Å². The van der Waals surface area contributed by atoms with Crippen molar-refractivity contribution in [2.24, 2.45) is 0 Å². The standard InChI is InChI=1S/C11H12BrN3O2S2/c1-6-5-8(12)3-4-9(6)15-19(16,17)10-7(2)14-11(13)18-10/h3-5,15H,1-2H3,(H2,13,14). The van der Waals surface area contributed by atoms with Gasteiger partial charge < -0.3 is 5.73 Å². The monoisotopic (exact) mass is 361 g/mol. The van der Waals surface area contributed by atoms with Crippen molar-refractivity contribution in [1.82, 2.24) is 4.98 Å². The van der Waals surface area contributed by atoms with Crippen LogP contribution in [0.4, 0.5) is 10.8 Å². The number of nitrogens with one attached hydrogen (secondary N) is 1. The van der Waals surface area contributed by atoms with Gasteiger partial charge in [0.05, 0.1) is 11.4 Å². The highest BCUT2D eigenvalue weighted by molar-refractivity contribution is 9.10. The molecule has 5 nitrogen and oxygen atoms in total. The lowest BCUT2D eigenvalue weighted by molar-refractivity contribution is 0.602. The summed E-state index contributed by atoms with van der Waals surface area (Å²) in [6.45, 7) is 3.45. The van der Waals surface area contributed by atoms with Crippen molar-refractivity contribution in [3.63, 3.8) is 0 Å². The lowest BCUT2D eigenvalue weighted by Gasteiger charge is -2.09. The summed E-state index contributed by atoms with van der Waals surface area (Å²) in [4.78, 5) is 3.93. The quantitative estimate of drug-likeness (QED) is 0.879. The maximum Gasteiger partial charge on any atom is 0.273 e. The summed E-state index contributed by atoms with van der Waals surface area (Å²) in [7, 11) is -3.65. The molecule has 0 saturated carbocycles. The van der Waals surface area contributed by atoms with Gasteiger partial charge in [-0.3, -0.25) is 4.72 Å². The van der Waals surface area contributed by atoms with Crippen LogP contribution in [0, 0.1) is 13.8 Å². The van der Waals surface area contributed by atoms with Gasteiger partial charge in [-0.1, -0.05) is 27.3 Å². The smallest absolute Gasteiger partial charge is 0.273 e. The van der Waals surface area contributed by atoms with Crippen LogP contribution < -0.4 is 10.5 Å². The van der Waals surface area contributed by atoms with Crippen LogP contribution in [0.15, 0.2) is 26.9 Å². The molecule has 2 rings (SSSR count). The Bertz CT molecular complexity index is 726. The number of aromatic nitrogens is 1. The molecule has 0 bridgehead atoms. The van der Waals surface area contributed by atoms with Gasteiger partial charge in [0, 0.05) is 4.47 Å². The fraction of sp³-hybridized carbons (Fsp3) is 0.182. The van der Waals surface area contributed by atoms with Crippen molar-refractivity contribution >= 4 is 48.1 Å². The number of anilines is 2. The average Bonchev–Trinajstić information content (AvgIpc) is 2.63. The van der Waals surface area contributed by atoms with Gasteiger partial charge >= 0.3 is 0 Å². The Labute approximate surface area is 124 Å². The summed E-state index contributed by atoms with van der Waals surface area (Å²) in [6.07, 6.45) is 0. The normalized spacial score (nSPS) is 11.5. The van der Waals surface area contributed by atoms with E-state index in [1.165, 1.54) is 0 Å². The van der Waals surface area contributed by atoms with Crippen molar-refractivity contribution in [2.75, 3.05) is 10.5 Å². The van der Waals surface area contributed by atoms with Crippen LogP contribution in [0.1, 0.15) is 11.3 Å². The van der Waals surface area contributed by atoms with E-state index in [1.54, 1.807) is 19.1 Å². The summed E-state index contributed by atoms with van der Waals surface area (Å²) in [5.41, 5.74) is 7.30. The number of nitrogens with zero attached hydrogens (tertiary/aromatic N) is 1. The van der Waals surface area contributed by atoms with Crippen molar-refractivity contribution in [1.29, 1.82) is 0 Å². The number of sulfonamides is 1. The van der Waals surface area contributed by atoms with Crippen LogP contribution in [0.25, 0.3) is 0 Å². The zero-order valence-corrected chi connectivity index (χ0v) is 13.5. The Hall–Kier alpha value is -1.12. The van der Waals surface area contributed by atoms with Crippen molar-refractivity contribution in [3.8, 4) is 0 Å². The number of rotatable bonds is 3. The topological polar surface area (TPSA) is 85.1 Å². The molecule has 0 radical (unpaired) electrons. The number of benzene rings is 1. The third kappa shape index (κ3) is 3.07. The number of aryl methyl sites for hydroxylation is 2. The first-order chi connectivity index (χ1) is 8.79. The minimum atomic E-state index is -3.65. The number of hydrogen-bond donors (Lipinski definition) is 2. The molecular formula is C11H12BrN3O2S2. The fourth-order valence-electron chi connectivity index (χ4n) is 1.58. The lowest BCUT2D eigenvalue weighted by atomic mass is 10.2. The molecule has 0 unspecified atom stereocenters. The zero-order valence-electron chi connectivity index (χ0n) is 10.3. The van der Waals surface area contributed by atoms with E-state index in [-0.39, 0.29) is 9.34 Å². The van der Waals surface area contributed by atoms with E-state index >= 15 is 0 Å². The van der Waals surface area contributed by atoms with Crippen molar-refractivity contribution in [3.05, 3.63) is 33.9 Å². The van der Waals surface area contributed by atoms with Crippen LogP contribution in [-0.4, -0.2) is 13.4 Å². The molecule has 1 aromatic heterocycles. The largest absolute Gasteiger partial charge is 0.375 e. The second-order valence-corrected chi connectivity index (χ2v) is 7.81. The van der Waals surface area contributed by atoms with Crippen molar-refractivity contribution in [2.45, 2.75) is 18.1 Å². The molecular weight excluding hydrogens is 350 g/mol. The molecule has 0 aliphatic heterocycles. The number of thiazole rings is 1. The van der Waals surface area contributed by atoms with Gasteiger partial charge in [0.15, 0.2) is 9.34 Å². The second-order valence-electron chi connectivity index (χ2n) is 3.99. The molecule has 102 valence electrons. The summed E-state index contributed by atoms with van der Waals surface area (Å²) in [5.74, 6) is 0. The summed E-state index contributed by atoms with van der Waals surface area (Å²) in [5, 5.41) is 0.241. The van der Waals surface area contributed by atoms with Gasteiger partial charge in [0.1, 0.15) is 0 Å². The molecule has 0 atom stereocenters. The van der Waals surface area contributed by atoms with E-state index in [1.807, 2.05) is 13.0 Å². The zero-order chi connectivity index (χ0) is 14.2. The third-order valence-corrected chi connectivity index (χ3v) is 5.90. The number of hydrogen-bond acceptors (Lipinski definition) is 5. The van der Waals surface area contributed by atoms with E-state index in [2.05, 4.69) is 25.6 Å². The highest BCUT2D eigenvalue weighted by atomic mass is 79.9. The van der Waals surface area contributed by atoms with E-state index in [0.717, 1.165) is 21.4 Å². The molecule has 0 amide bonds. The third-order valence-electron chi connectivity index (χ3n) is 2.45. The Kier molecular flexibility index (Phi) is 3.84. The van der Waals surface area contributed by atoms with Crippen LogP contribution in [0.5, 0.6) is 0 Å². The van der Waals surface area contributed by atoms with Crippen LogP contribution in [0.2, 0.25) is 0 Å². The predicted molar refractivity (Wildman–Crippen MR) is 81.0 cm³/mol. The molecule has 2 aromatic rings. The first-order valence-corrected chi connectivity index (χ1v) is 8.41. The van der Waals surface area contributed by atoms with Gasteiger partial charge in [0.25, 0.3) is 10.0 Å². The maximum absolute atomic E-state index is 12.3. The molecule has 8 heteroatoms. The minimum Gasteiger partial charge on any atom is -0.375 e. The molecule has 0 aliphatic rings. The maximum atomic E-state index is 12.3. The molecule has 19 heavy (non-hydrogen) atoms. The molecule has 0 aliphatic carbocycles. The number of nitrogen functional groups attached to an aromatic ring is 1. The number of halogens is 1. The van der Waals surface area contributed by atoms with Crippen LogP contribution in [-0.2, 0) is 10.0 Å². The van der Waals surface area contributed by atoms with Gasteiger partial charge in [-0.2, -0.15) is 0 Å². The van der Waals surface area contributed by atoms with E-state index in [4.69, 9.17) is 5.73 Å². The van der Waals surface area contributed by atoms with E-state index in [9.17, 15) is 8.42 Å². The molecule has 0 saturated heterocycles. The van der Waals surface area contributed by atoms with Crippen LogP contribution in [0.3, 0.4) is 0 Å². The summed E-state index contributed by atoms with van der Waals surface area (Å²) < 4.78 is 28.1. The lowest BCUT2D eigenvalue weighted by Crippen LogP contribution is -2.13. The average molecular weight is 362 g/mol. The molecule has 1 aromatic carbocycles. The van der Waals surface area contributed by atoms with Gasteiger partial charge in [-0.25, -0.2) is 13.4 Å². The second kappa shape index (κ2) is 5.10. The van der Waals surface area contributed by atoms with Crippen molar-refractivity contribution < 1.29 is 8.42 Å². The Balaban J connectivity index is 2.39. The Morgan fingerprint density at radius 2 is 2.05 bits per heavy atom. The molecule has 0 spiro atoms.